The van der Waals surface area contributed by atoms with Crippen LogP contribution in [-0.4, -0.2) is 291 Å². The van der Waals surface area contributed by atoms with Crippen LogP contribution in [0.5, 0.6) is 58.9 Å². The van der Waals surface area contributed by atoms with Gasteiger partial charge in [0.1, 0.15) is 102 Å². The number of nitrogens with zero attached hydrogens (tertiary/aromatic N) is 26. The average Bonchev–Trinajstić information content (AvgIpc) is 1.15. The van der Waals surface area contributed by atoms with Crippen molar-refractivity contribution in [1.29, 1.82) is 0 Å². The largest absolute Gasteiger partial charge is 0.480 e. The quantitative estimate of drug-likeness (QED) is 0.0461. The fourth-order valence-corrected chi connectivity index (χ4v) is 13.0. The van der Waals surface area contributed by atoms with E-state index in [1.807, 2.05) is 20.6 Å². The first-order valence-corrected chi connectivity index (χ1v) is 43.8. The molecule has 18 rings (SSSR count). The van der Waals surface area contributed by atoms with Crippen LogP contribution in [0.25, 0.3) is 0 Å². The molecule has 40 nitrogen and oxygen atoms in total. The number of likely N-dealkylation sites (tertiary alicyclic amines) is 4. The lowest BCUT2D eigenvalue weighted by atomic mass is 10.1. The van der Waals surface area contributed by atoms with Crippen LogP contribution in [0, 0.1) is 0 Å². The zero-order chi connectivity index (χ0) is 90.8. The molecule has 0 aromatic carbocycles. The Balaban J connectivity index is 0.000000164. The number of piperidine rings is 2. The summed E-state index contributed by atoms with van der Waals surface area (Å²) in [7, 11) is 3.10. The molecule has 2 unspecified atom stereocenters. The molecule has 694 valence electrons. The van der Waals surface area contributed by atoms with E-state index in [2.05, 4.69) is 121 Å². The number of rotatable bonds is 27. The van der Waals surface area contributed by atoms with Gasteiger partial charge in [0, 0.05) is 213 Å². The molecule has 0 bridgehead atoms. The molecule has 7 fully saturated rings. The van der Waals surface area contributed by atoms with E-state index in [0.717, 1.165) is 111 Å². The molecule has 11 aromatic rings. The van der Waals surface area contributed by atoms with Gasteiger partial charge in [-0.2, -0.15) is 0 Å². The fraction of sp³-hybridized carbons (Fsp3) is 0.478. The van der Waals surface area contributed by atoms with Gasteiger partial charge in [-0.3, -0.25) is 19.5 Å². The molecule has 2 amide bonds. The summed E-state index contributed by atoms with van der Waals surface area (Å²) in [6.45, 7) is 20.2. The summed E-state index contributed by atoms with van der Waals surface area (Å²) in [4.78, 5) is 112. The van der Waals surface area contributed by atoms with Gasteiger partial charge in [-0.1, -0.05) is 13.0 Å². The highest BCUT2D eigenvalue weighted by Gasteiger charge is 2.24. The Bertz CT molecular complexity index is 4500. The third kappa shape index (κ3) is 43.7. The molecule has 2 atom stereocenters. The number of ether oxygens (including phenoxy) is 12. The maximum atomic E-state index is 11.3. The van der Waals surface area contributed by atoms with Gasteiger partial charge in [0.25, 0.3) is 0 Å². The van der Waals surface area contributed by atoms with E-state index in [9.17, 15) is 9.59 Å². The van der Waals surface area contributed by atoms with E-state index in [1.165, 1.54) is 141 Å². The smallest absolute Gasteiger partial charge is 0.315 e. The lowest BCUT2D eigenvalue weighted by molar-refractivity contribution is -0.130. The number of hydrogen-bond donors (Lipinski definition) is 0. The number of hydrogen-bond acceptors (Lipinski definition) is 37. The molecule has 6 saturated heterocycles. The predicted octanol–water partition coefficient (Wildman–Crippen LogP) is 10.1. The maximum absolute atomic E-state index is 11.3. The van der Waals surface area contributed by atoms with Crippen LogP contribution in [0.4, 0.5) is 0 Å². The Labute approximate surface area is 758 Å². The van der Waals surface area contributed by atoms with Gasteiger partial charge in [-0.15, -0.1) is 0 Å². The zero-order valence-corrected chi connectivity index (χ0v) is 74.4. The van der Waals surface area contributed by atoms with Crippen LogP contribution < -0.4 is 47.4 Å². The number of carbonyl (C=O) groups is 2. The third-order valence-corrected chi connectivity index (χ3v) is 19.8. The third-order valence-electron chi connectivity index (χ3n) is 19.8. The van der Waals surface area contributed by atoms with Crippen LogP contribution in [-0.2, 0) is 25.6 Å². The first-order valence-electron chi connectivity index (χ1n) is 43.8. The number of imidazole rings is 1. The predicted molar refractivity (Wildman–Crippen MR) is 476 cm³/mol. The molecule has 1 aliphatic carbocycles. The van der Waals surface area contributed by atoms with Crippen molar-refractivity contribution in [2.75, 3.05) is 126 Å². The Morgan fingerprint density at radius 2 is 0.869 bits per heavy atom. The molecule has 17 heterocycles. The van der Waals surface area contributed by atoms with Gasteiger partial charge in [0.2, 0.25) is 64.7 Å². The number of carbonyl (C=O) groups excluding carboxylic acids is 2. The van der Waals surface area contributed by atoms with Crippen LogP contribution in [0.15, 0.2) is 217 Å². The zero-order valence-electron chi connectivity index (χ0n) is 74.4. The number of methoxy groups -OCH3 is 2. The highest BCUT2D eigenvalue weighted by molar-refractivity contribution is 5.78. The van der Waals surface area contributed by atoms with Gasteiger partial charge < -0.3 is 76.1 Å². The highest BCUT2D eigenvalue weighted by Crippen LogP contribution is 2.24. The van der Waals surface area contributed by atoms with Crippen LogP contribution in [0.1, 0.15) is 122 Å². The summed E-state index contributed by atoms with van der Waals surface area (Å²) in [5.74, 6) is 5.93. The van der Waals surface area contributed by atoms with E-state index >= 15 is 0 Å². The molecule has 6 aliphatic heterocycles. The molecule has 1 saturated carbocycles. The molecule has 7 aliphatic rings. The lowest BCUT2D eigenvalue weighted by Gasteiger charge is -2.31. The van der Waals surface area contributed by atoms with Gasteiger partial charge in [0.15, 0.2) is 0 Å². The second kappa shape index (κ2) is 63.3. The van der Waals surface area contributed by atoms with Crippen molar-refractivity contribution in [3.8, 4) is 58.9 Å². The Morgan fingerprint density at radius 1 is 0.400 bits per heavy atom. The molecule has 0 radical (unpaired) electrons. The van der Waals surface area contributed by atoms with Crippen LogP contribution in [0.3, 0.4) is 0 Å². The second-order valence-corrected chi connectivity index (χ2v) is 29.2. The van der Waals surface area contributed by atoms with Crippen molar-refractivity contribution in [1.82, 2.24) is 129 Å². The van der Waals surface area contributed by atoms with Crippen molar-refractivity contribution < 1.29 is 66.4 Å². The minimum atomic E-state index is 0.139. The topological polar surface area (TPSA) is 433 Å². The van der Waals surface area contributed by atoms with Gasteiger partial charge in [-0.25, -0.2) is 99.7 Å². The van der Waals surface area contributed by atoms with E-state index < -0.39 is 0 Å². The molecule has 0 spiro atoms. The van der Waals surface area contributed by atoms with Crippen molar-refractivity contribution in [3.05, 3.63) is 217 Å². The average molecular weight is 1790 g/mol. The molecule has 130 heavy (non-hydrogen) atoms. The van der Waals surface area contributed by atoms with Crippen molar-refractivity contribution >= 4 is 11.8 Å². The minimum Gasteiger partial charge on any atom is -0.480 e. The van der Waals surface area contributed by atoms with Gasteiger partial charge in [0.05, 0.1) is 59.1 Å². The van der Waals surface area contributed by atoms with Crippen molar-refractivity contribution in [3.63, 3.8) is 0 Å². The summed E-state index contributed by atoms with van der Waals surface area (Å²) in [6, 6.07) is 16.2. The Kier molecular flexibility index (Phi) is 48.8. The van der Waals surface area contributed by atoms with Gasteiger partial charge in [-0.05, 0) is 109 Å². The van der Waals surface area contributed by atoms with E-state index in [4.69, 9.17) is 56.8 Å². The number of allylic oxidation sites excluding steroid dienone is 1. The molecular weight excluding hydrogens is 1670 g/mol. The first kappa shape index (κ1) is 100. The highest BCUT2D eigenvalue weighted by atomic mass is 16.5. The van der Waals surface area contributed by atoms with E-state index in [0.29, 0.717) is 111 Å². The summed E-state index contributed by atoms with van der Waals surface area (Å²) in [5, 5.41) is 0. The van der Waals surface area contributed by atoms with E-state index in [1.54, 1.807) is 162 Å². The first-order chi connectivity index (χ1) is 64.1. The van der Waals surface area contributed by atoms with Crippen LogP contribution >= 0.6 is 0 Å². The summed E-state index contributed by atoms with van der Waals surface area (Å²) in [6.07, 6.45) is 59.8. The lowest BCUT2D eigenvalue weighted by Crippen LogP contribution is -2.40. The summed E-state index contributed by atoms with van der Waals surface area (Å²) < 4.78 is 66.3. The van der Waals surface area contributed by atoms with Crippen LogP contribution in [0.2, 0.25) is 0 Å². The molecular formula is C90H120N26O14. The van der Waals surface area contributed by atoms with Gasteiger partial charge >= 0.3 is 6.01 Å². The molecule has 40 heteroatoms. The number of aromatic nitrogens is 22. The Morgan fingerprint density at radius 3 is 1.28 bits per heavy atom. The molecule has 11 aromatic heterocycles. The van der Waals surface area contributed by atoms with E-state index in [-0.39, 0.29) is 30.1 Å². The van der Waals surface area contributed by atoms with Crippen molar-refractivity contribution in [2.45, 2.75) is 153 Å². The van der Waals surface area contributed by atoms with Crippen molar-refractivity contribution in [2.24, 2.45) is 0 Å². The number of amides is 2. The maximum Gasteiger partial charge on any atom is 0.315 e. The summed E-state index contributed by atoms with van der Waals surface area (Å²) >= 11 is 0. The fourth-order valence-electron chi connectivity index (χ4n) is 13.0. The monoisotopic (exact) mass is 1790 g/mol. The second-order valence-electron chi connectivity index (χ2n) is 29.2. The normalized spacial score (nSPS) is 16.2. The summed E-state index contributed by atoms with van der Waals surface area (Å²) in [5.41, 5.74) is 1.22. The Hall–Kier alpha value is -13.6. The minimum absolute atomic E-state index is 0.139. The SMILES string of the molecule is C=C1CCCN1CCOc1ccncn1.CC(=O)N1CCC(Oc2ccncn2)CC1.COc1cnccn1.COc1ncccn1.O=C1CCCN1CCOc1ccncn1.c1cc(OC2CCCC2)ncn1.c1cc(OC2CCCOC2)ncn1.c1cc(OCC2CCCCO2)ncn1.c1cc(OCCN2CCCCC2)ncn1.c1cc(OCCn2ccnc2)ncn1. The molecule has 0 N–H and O–H groups in total. The standard InChI is InChI=1S/C11H15N3O2.C11H15N3O.C11H17N3O.C10H13N3O2.C10H14N2O2.C9H10N4O.C9H12N2O2.C9H12N2O.2C5H6N2O/c1-9(15)14-6-3-10(4-7-14)16-11-2-5-12-8-13-11;1-10-3-2-6-14(10)7-8-15-11-4-5-12-9-13-11;1-2-6-14(7-3-1)8-9-15-11-4-5-12-10-13-11;14-10-2-1-5-13(10)6-7-15-9-3-4-11-8-12-9;1-2-6-13-9(3-1)7-14-10-4-5-11-8-12-10;1-2-10-7-12-9(1)14-6-5-13-4-3-11-8-13;1-2-8(6-12-5-1)13-9-3-4-10-7-11-9;1-2-4-8(3-1)12-9-5-6-10-7-11-9;1-8-5-4-6-2-3-7-5;1-8-5-6-3-2-4-7-5/h2,5,8,10H,3-4,6-7H2,1H3;4-5,9H,1-3,6-8H2;4-5,10H,1-3,6-9H2;3-4,8H,1-2,5-7H2;4-5,8-9H,1-3,6-7H2;1-4,7-8H,5-6H2;3-4,7-8H,1-2,5-6H2;5-8H,1-4H2;2*2-4H,1H3.